The van der Waals surface area contributed by atoms with Crippen LogP contribution < -0.4 is 14.2 Å². The molecular weight excluding hydrogens is 482 g/mol. The first-order valence-electron chi connectivity index (χ1n) is 10.2. The van der Waals surface area contributed by atoms with Crippen LogP contribution in [0.2, 0.25) is 5.02 Å². The Morgan fingerprint density at radius 3 is 2.32 bits per heavy atom. The number of methoxy groups -OCH3 is 2. The molecule has 0 radical (unpaired) electrons. The number of hydrogen-bond donors (Lipinski definition) is 1. The Labute approximate surface area is 201 Å². The van der Waals surface area contributed by atoms with Gasteiger partial charge in [0.05, 0.1) is 20.0 Å². The number of nitrogens with zero attached hydrogens (tertiary/aromatic N) is 4. The van der Waals surface area contributed by atoms with Crippen molar-refractivity contribution in [2.45, 2.75) is 13.3 Å². The summed E-state index contributed by atoms with van der Waals surface area (Å²) in [5.41, 5.74) is 1.61. The molecule has 0 fully saturated rings. The molecule has 0 unspecified atom stereocenters. The highest BCUT2D eigenvalue weighted by Crippen LogP contribution is 2.37. The molecule has 34 heavy (non-hydrogen) atoms. The lowest BCUT2D eigenvalue weighted by Gasteiger charge is -2.17. The molecule has 4 aromatic rings. The van der Waals surface area contributed by atoms with E-state index in [1.165, 1.54) is 18.8 Å². The molecule has 2 heterocycles. The Morgan fingerprint density at radius 2 is 1.74 bits per heavy atom. The molecule has 0 atom stereocenters. The largest absolute Gasteiger partial charge is 0.494 e. The van der Waals surface area contributed by atoms with Crippen LogP contribution >= 0.6 is 11.6 Å². The number of ether oxygens (including phenoxy) is 2. The third-order valence-electron chi connectivity index (χ3n) is 4.97. The molecule has 10 nitrogen and oxygen atoms in total. The molecule has 0 aliphatic rings. The molecule has 0 saturated heterocycles. The van der Waals surface area contributed by atoms with Crippen molar-refractivity contribution in [1.82, 2.24) is 19.9 Å². The van der Waals surface area contributed by atoms with Gasteiger partial charge in [-0.2, -0.15) is 0 Å². The van der Waals surface area contributed by atoms with Crippen molar-refractivity contribution in [3.05, 3.63) is 64.9 Å². The number of benzene rings is 2. The Balaban J connectivity index is 1.75. The lowest BCUT2D eigenvalue weighted by Crippen LogP contribution is -2.21. The second-order valence-corrected chi connectivity index (χ2v) is 9.59. The van der Waals surface area contributed by atoms with Crippen LogP contribution in [0.3, 0.4) is 0 Å². The van der Waals surface area contributed by atoms with Gasteiger partial charge in [0.25, 0.3) is 0 Å². The van der Waals surface area contributed by atoms with Gasteiger partial charge in [0.1, 0.15) is 22.9 Å². The van der Waals surface area contributed by atoms with E-state index in [1.807, 2.05) is 0 Å². The lowest BCUT2D eigenvalue weighted by molar-refractivity contribution is 0.390. The summed E-state index contributed by atoms with van der Waals surface area (Å²) in [6.07, 6.45) is 0.286. The van der Waals surface area contributed by atoms with Crippen LogP contribution in [0.1, 0.15) is 11.3 Å². The quantitative estimate of drug-likeness (QED) is 0.365. The van der Waals surface area contributed by atoms with Crippen LogP contribution in [0.25, 0.3) is 17.2 Å². The fraction of sp³-hybridized carbons (Fsp3) is 0.227. The minimum atomic E-state index is -3.81. The van der Waals surface area contributed by atoms with E-state index in [1.54, 1.807) is 55.5 Å². The molecule has 0 aliphatic heterocycles. The highest BCUT2D eigenvalue weighted by Gasteiger charge is 2.26. The first kappa shape index (κ1) is 23.6. The van der Waals surface area contributed by atoms with Crippen molar-refractivity contribution < 1.29 is 22.4 Å². The Morgan fingerprint density at radius 1 is 1.06 bits per heavy atom. The van der Waals surface area contributed by atoms with Gasteiger partial charge < -0.3 is 14.0 Å². The average molecular weight is 504 g/mol. The smallest absolute Gasteiger partial charge is 0.243 e. The molecule has 2 aromatic carbocycles. The van der Waals surface area contributed by atoms with Crippen LogP contribution in [-0.2, 0) is 16.4 Å². The summed E-state index contributed by atoms with van der Waals surface area (Å²) in [7, 11) is -0.811. The second kappa shape index (κ2) is 9.74. The van der Waals surface area contributed by atoms with Gasteiger partial charge in [-0.25, -0.2) is 8.42 Å². The molecule has 0 spiro atoms. The third kappa shape index (κ3) is 5.00. The lowest BCUT2D eigenvalue weighted by atomic mass is 10.2. The van der Waals surface area contributed by atoms with Gasteiger partial charge in [0.15, 0.2) is 11.5 Å². The summed E-state index contributed by atoms with van der Waals surface area (Å²) in [5.74, 6) is 1.42. The van der Waals surface area contributed by atoms with Crippen molar-refractivity contribution >= 4 is 27.6 Å². The van der Waals surface area contributed by atoms with E-state index in [-0.39, 0.29) is 23.9 Å². The van der Waals surface area contributed by atoms with Gasteiger partial charge in [0.2, 0.25) is 16.0 Å². The van der Waals surface area contributed by atoms with Crippen molar-refractivity contribution in [3.8, 4) is 28.7 Å². The van der Waals surface area contributed by atoms with Gasteiger partial charge >= 0.3 is 0 Å². The van der Waals surface area contributed by atoms with E-state index >= 15 is 0 Å². The zero-order valence-electron chi connectivity index (χ0n) is 18.6. The van der Waals surface area contributed by atoms with Crippen LogP contribution in [0, 0.1) is 6.92 Å². The number of nitrogens with one attached hydrogen (secondary N) is 1. The van der Waals surface area contributed by atoms with Crippen LogP contribution in [0.5, 0.6) is 11.5 Å². The van der Waals surface area contributed by atoms with Gasteiger partial charge in [-0.1, -0.05) is 35.0 Å². The van der Waals surface area contributed by atoms with E-state index in [0.717, 1.165) is 5.56 Å². The van der Waals surface area contributed by atoms with E-state index in [9.17, 15) is 8.42 Å². The summed E-state index contributed by atoms with van der Waals surface area (Å²) in [6, 6.07) is 13.9. The molecule has 12 heteroatoms. The normalized spacial score (nSPS) is 11.4. The molecule has 178 valence electrons. The SMILES string of the molecule is COc1cccc(OC)c1-n1c(NS(=O)(=O)CCc2ccc(Cl)cc2)nnc1-c1cc(C)on1. The molecular formula is C22H22ClN5O5S. The van der Waals surface area contributed by atoms with E-state index in [4.69, 9.17) is 25.6 Å². The fourth-order valence-corrected chi connectivity index (χ4v) is 4.49. The molecule has 4 rings (SSSR count). The Bertz CT molecular complexity index is 1380. The van der Waals surface area contributed by atoms with Gasteiger partial charge in [-0.3, -0.25) is 9.29 Å². The number of aryl methyl sites for hydroxylation is 2. The number of rotatable bonds is 9. The molecule has 2 aromatic heterocycles. The van der Waals surface area contributed by atoms with Crippen LogP contribution in [0.15, 0.2) is 53.1 Å². The van der Waals surface area contributed by atoms with Gasteiger partial charge in [-0.15, -0.1) is 10.2 Å². The minimum absolute atomic E-state index is 0.0467. The fourth-order valence-electron chi connectivity index (χ4n) is 3.35. The van der Waals surface area contributed by atoms with E-state index in [2.05, 4.69) is 20.1 Å². The minimum Gasteiger partial charge on any atom is -0.494 e. The Hall–Kier alpha value is -3.57. The second-order valence-electron chi connectivity index (χ2n) is 7.31. The number of hydrogen-bond acceptors (Lipinski definition) is 8. The highest BCUT2D eigenvalue weighted by molar-refractivity contribution is 7.92. The van der Waals surface area contributed by atoms with E-state index < -0.39 is 10.0 Å². The van der Waals surface area contributed by atoms with Gasteiger partial charge in [-0.05, 0) is 43.2 Å². The standard InChI is InChI=1S/C22H22ClN5O5S/c1-14-13-17(26-33-14)21-24-25-22(28(21)20-18(31-2)5-4-6-19(20)32-3)27-34(29,30)12-11-15-7-9-16(23)10-8-15/h4-10,13H,11-12H2,1-3H3,(H,25,27). The first-order chi connectivity index (χ1) is 16.3. The number of sulfonamides is 1. The summed E-state index contributed by atoms with van der Waals surface area (Å²) < 4.78 is 46.2. The maximum absolute atomic E-state index is 13.0. The van der Waals surface area contributed by atoms with Crippen molar-refractivity contribution in [2.24, 2.45) is 0 Å². The number of para-hydroxylation sites is 1. The summed E-state index contributed by atoms with van der Waals surface area (Å²) in [6.45, 7) is 1.74. The number of anilines is 1. The van der Waals surface area contributed by atoms with Crippen LogP contribution in [-0.4, -0.2) is 48.3 Å². The maximum Gasteiger partial charge on any atom is 0.243 e. The monoisotopic (exact) mass is 503 g/mol. The van der Waals surface area contributed by atoms with Crippen molar-refractivity contribution in [3.63, 3.8) is 0 Å². The van der Waals surface area contributed by atoms with E-state index in [0.29, 0.717) is 33.7 Å². The topological polar surface area (TPSA) is 121 Å². The molecule has 0 amide bonds. The van der Waals surface area contributed by atoms with Crippen LogP contribution in [0.4, 0.5) is 5.95 Å². The highest BCUT2D eigenvalue weighted by atomic mass is 35.5. The predicted octanol–water partition coefficient (Wildman–Crippen LogP) is 3.89. The van der Waals surface area contributed by atoms with Crippen molar-refractivity contribution in [1.29, 1.82) is 0 Å². The van der Waals surface area contributed by atoms with Gasteiger partial charge in [0, 0.05) is 11.1 Å². The summed E-state index contributed by atoms with van der Waals surface area (Å²) >= 11 is 5.91. The molecule has 0 aliphatic carbocycles. The molecule has 1 N–H and O–H groups in total. The third-order valence-corrected chi connectivity index (χ3v) is 6.45. The summed E-state index contributed by atoms with van der Waals surface area (Å²) in [5, 5.41) is 12.9. The zero-order chi connectivity index (χ0) is 24.3. The molecule has 0 saturated carbocycles. The Kier molecular flexibility index (Phi) is 6.75. The number of aromatic nitrogens is 4. The molecule has 0 bridgehead atoms. The van der Waals surface area contributed by atoms with Crippen molar-refractivity contribution in [2.75, 3.05) is 24.7 Å². The average Bonchev–Trinajstić information content (AvgIpc) is 3.43. The summed E-state index contributed by atoms with van der Waals surface area (Å²) in [4.78, 5) is 0. The maximum atomic E-state index is 13.0. The first-order valence-corrected chi connectivity index (χ1v) is 12.2. The predicted molar refractivity (Wildman–Crippen MR) is 127 cm³/mol. The number of halogens is 1. The zero-order valence-corrected chi connectivity index (χ0v) is 20.2.